The van der Waals surface area contributed by atoms with Gasteiger partial charge in [0.2, 0.25) is 0 Å². The Bertz CT molecular complexity index is 314. The molecule has 3 N–H and O–H groups in total. The molecule has 1 aromatic rings. The highest BCUT2D eigenvalue weighted by molar-refractivity contribution is 5.12. The zero-order valence-electron chi connectivity index (χ0n) is 9.76. The van der Waals surface area contributed by atoms with Crippen molar-refractivity contribution in [1.82, 2.24) is 15.6 Å². The lowest BCUT2D eigenvalue weighted by Crippen LogP contribution is -2.35. The van der Waals surface area contributed by atoms with Gasteiger partial charge in [-0.2, -0.15) is 10.2 Å². The van der Waals surface area contributed by atoms with Crippen molar-refractivity contribution < 1.29 is 0 Å². The van der Waals surface area contributed by atoms with E-state index in [1.807, 2.05) is 12.3 Å². The van der Waals surface area contributed by atoms with Gasteiger partial charge >= 0.3 is 0 Å². The summed E-state index contributed by atoms with van der Waals surface area (Å²) < 4.78 is 0. The fourth-order valence-electron chi connectivity index (χ4n) is 2.77. The van der Waals surface area contributed by atoms with Crippen LogP contribution in [0.1, 0.15) is 44.2 Å². The average molecular weight is 220 g/mol. The van der Waals surface area contributed by atoms with Gasteiger partial charge in [-0.1, -0.05) is 19.8 Å². The number of nitrogens with one attached hydrogen (secondary N) is 1. The van der Waals surface area contributed by atoms with E-state index in [0.717, 1.165) is 11.5 Å². The maximum absolute atomic E-state index is 5.68. The van der Waals surface area contributed by atoms with E-state index >= 15 is 0 Å². The summed E-state index contributed by atoms with van der Waals surface area (Å²) in [5.41, 5.74) is 4.09. The second-order valence-electron chi connectivity index (χ2n) is 4.85. The summed E-state index contributed by atoms with van der Waals surface area (Å²) in [6, 6.07) is 2.22. The van der Waals surface area contributed by atoms with Crippen molar-refractivity contribution in [3.8, 4) is 0 Å². The van der Waals surface area contributed by atoms with Crippen LogP contribution >= 0.6 is 0 Å². The molecule has 3 unspecified atom stereocenters. The molecule has 0 saturated heterocycles. The summed E-state index contributed by atoms with van der Waals surface area (Å²) >= 11 is 0. The quantitative estimate of drug-likeness (QED) is 0.602. The molecule has 4 heteroatoms. The molecule has 0 aliphatic heterocycles. The van der Waals surface area contributed by atoms with Crippen molar-refractivity contribution in [1.29, 1.82) is 0 Å². The van der Waals surface area contributed by atoms with E-state index < -0.39 is 0 Å². The van der Waals surface area contributed by atoms with Crippen molar-refractivity contribution in [2.75, 3.05) is 0 Å². The number of hydrogen-bond acceptors (Lipinski definition) is 4. The van der Waals surface area contributed by atoms with Gasteiger partial charge in [0.05, 0.1) is 12.2 Å². The standard InChI is InChI=1S/C12H20N4/c1-9-3-2-4-10(7-9)12(16-13)11-5-6-14-15-8-11/h5-6,8-10,12,16H,2-4,7,13H2,1H3. The first kappa shape index (κ1) is 11.5. The molecule has 88 valence electrons. The van der Waals surface area contributed by atoms with Gasteiger partial charge in [0, 0.05) is 6.20 Å². The van der Waals surface area contributed by atoms with Crippen molar-refractivity contribution in [2.45, 2.75) is 38.6 Å². The number of nitrogens with zero attached hydrogens (tertiary/aromatic N) is 2. The lowest BCUT2D eigenvalue weighted by molar-refractivity contribution is 0.224. The molecule has 4 nitrogen and oxygen atoms in total. The lowest BCUT2D eigenvalue weighted by Gasteiger charge is -2.32. The third-order valence-corrected chi connectivity index (χ3v) is 3.59. The Kier molecular flexibility index (Phi) is 3.85. The second kappa shape index (κ2) is 5.37. The maximum Gasteiger partial charge on any atom is 0.0544 e. The minimum atomic E-state index is 0.221. The van der Waals surface area contributed by atoms with E-state index in [9.17, 15) is 0 Å². The maximum atomic E-state index is 5.68. The summed E-state index contributed by atoms with van der Waals surface area (Å²) in [5, 5.41) is 7.73. The molecule has 1 heterocycles. The van der Waals surface area contributed by atoms with Crippen LogP contribution < -0.4 is 11.3 Å². The van der Waals surface area contributed by atoms with Gasteiger partial charge in [-0.15, -0.1) is 0 Å². The van der Waals surface area contributed by atoms with Crippen LogP contribution in [0.5, 0.6) is 0 Å². The van der Waals surface area contributed by atoms with Crippen molar-refractivity contribution >= 4 is 0 Å². The number of aromatic nitrogens is 2. The minimum absolute atomic E-state index is 0.221. The van der Waals surface area contributed by atoms with E-state index in [0.29, 0.717) is 5.92 Å². The fraction of sp³-hybridized carbons (Fsp3) is 0.667. The first-order chi connectivity index (χ1) is 7.81. The zero-order valence-corrected chi connectivity index (χ0v) is 9.76. The fourth-order valence-corrected chi connectivity index (χ4v) is 2.77. The number of nitrogens with two attached hydrogens (primary N) is 1. The summed E-state index contributed by atoms with van der Waals surface area (Å²) in [7, 11) is 0. The Hall–Kier alpha value is -1.00. The van der Waals surface area contributed by atoms with Crippen LogP contribution in [-0.2, 0) is 0 Å². The molecule has 0 bridgehead atoms. The summed E-state index contributed by atoms with van der Waals surface area (Å²) in [5.74, 6) is 7.12. The van der Waals surface area contributed by atoms with E-state index in [-0.39, 0.29) is 6.04 Å². The van der Waals surface area contributed by atoms with Crippen LogP contribution in [-0.4, -0.2) is 10.2 Å². The average Bonchev–Trinajstić information content (AvgIpc) is 2.31. The highest BCUT2D eigenvalue weighted by atomic mass is 15.2. The molecule has 0 aromatic carbocycles. The number of hydrazine groups is 1. The summed E-state index contributed by atoms with van der Waals surface area (Å²) in [6.45, 7) is 2.32. The van der Waals surface area contributed by atoms with Crippen LogP contribution in [0.15, 0.2) is 18.5 Å². The molecule has 1 saturated carbocycles. The SMILES string of the molecule is CC1CCCC(C(NN)c2ccnnc2)C1. The molecule has 0 amide bonds. The lowest BCUT2D eigenvalue weighted by atomic mass is 9.77. The van der Waals surface area contributed by atoms with E-state index in [2.05, 4.69) is 22.5 Å². The van der Waals surface area contributed by atoms with Gasteiger partial charge in [-0.3, -0.25) is 11.3 Å². The van der Waals surface area contributed by atoms with Gasteiger partial charge in [-0.05, 0) is 36.3 Å². The third-order valence-electron chi connectivity index (χ3n) is 3.59. The predicted octanol–water partition coefficient (Wildman–Crippen LogP) is 1.81. The van der Waals surface area contributed by atoms with Crippen molar-refractivity contribution in [2.24, 2.45) is 17.7 Å². The molecule has 1 aliphatic carbocycles. The second-order valence-corrected chi connectivity index (χ2v) is 4.85. The minimum Gasteiger partial charge on any atom is -0.271 e. The van der Waals surface area contributed by atoms with Gasteiger partial charge in [0.15, 0.2) is 0 Å². The van der Waals surface area contributed by atoms with Gasteiger partial charge in [-0.25, -0.2) is 0 Å². The highest BCUT2D eigenvalue weighted by Gasteiger charge is 2.27. The summed E-state index contributed by atoms with van der Waals surface area (Å²) in [6.07, 6.45) is 8.69. The van der Waals surface area contributed by atoms with E-state index in [1.54, 1.807) is 6.20 Å². The van der Waals surface area contributed by atoms with Crippen LogP contribution in [0, 0.1) is 11.8 Å². The molecule has 16 heavy (non-hydrogen) atoms. The molecular weight excluding hydrogens is 200 g/mol. The Morgan fingerprint density at radius 1 is 1.44 bits per heavy atom. The zero-order chi connectivity index (χ0) is 11.4. The van der Waals surface area contributed by atoms with E-state index in [4.69, 9.17) is 5.84 Å². The Morgan fingerprint density at radius 3 is 2.94 bits per heavy atom. The third kappa shape index (κ3) is 2.57. The molecule has 0 spiro atoms. The number of rotatable bonds is 3. The molecular formula is C12H20N4. The smallest absolute Gasteiger partial charge is 0.0544 e. The largest absolute Gasteiger partial charge is 0.271 e. The van der Waals surface area contributed by atoms with Crippen molar-refractivity contribution in [3.63, 3.8) is 0 Å². The summed E-state index contributed by atoms with van der Waals surface area (Å²) in [4.78, 5) is 0. The molecule has 1 aromatic heterocycles. The van der Waals surface area contributed by atoms with Crippen LogP contribution in [0.3, 0.4) is 0 Å². The van der Waals surface area contributed by atoms with Crippen LogP contribution in [0.4, 0.5) is 0 Å². The molecule has 1 fully saturated rings. The predicted molar refractivity (Wildman–Crippen MR) is 63.2 cm³/mol. The monoisotopic (exact) mass is 220 g/mol. The van der Waals surface area contributed by atoms with Crippen LogP contribution in [0.2, 0.25) is 0 Å². The molecule has 3 atom stereocenters. The van der Waals surface area contributed by atoms with Crippen molar-refractivity contribution in [3.05, 3.63) is 24.0 Å². The van der Waals surface area contributed by atoms with E-state index in [1.165, 1.54) is 25.7 Å². The number of hydrogen-bond donors (Lipinski definition) is 2. The molecule has 2 rings (SSSR count). The topological polar surface area (TPSA) is 63.8 Å². The highest BCUT2D eigenvalue weighted by Crippen LogP contribution is 2.36. The Morgan fingerprint density at radius 2 is 2.31 bits per heavy atom. The first-order valence-corrected chi connectivity index (χ1v) is 6.04. The Labute approximate surface area is 96.6 Å². The first-order valence-electron chi connectivity index (χ1n) is 6.04. The van der Waals surface area contributed by atoms with Gasteiger partial charge in [0.1, 0.15) is 0 Å². The van der Waals surface area contributed by atoms with Gasteiger partial charge < -0.3 is 0 Å². The van der Waals surface area contributed by atoms with Crippen LogP contribution in [0.25, 0.3) is 0 Å². The normalized spacial score (nSPS) is 27.6. The molecule has 1 aliphatic rings. The van der Waals surface area contributed by atoms with Gasteiger partial charge in [0.25, 0.3) is 0 Å². The molecule has 0 radical (unpaired) electrons. The Balaban J connectivity index is 2.10.